The molecule has 0 unspecified atom stereocenters. The maximum Gasteiger partial charge on any atom is 0.244 e. The fraction of sp³-hybridized carbons (Fsp3) is 0.478. The van der Waals surface area contributed by atoms with Gasteiger partial charge >= 0.3 is 0 Å². The Balaban J connectivity index is 1.24. The molecule has 8 nitrogen and oxygen atoms in total. The van der Waals surface area contributed by atoms with Crippen LogP contribution >= 0.6 is 11.8 Å². The van der Waals surface area contributed by atoms with Gasteiger partial charge in [-0.25, -0.2) is 13.4 Å². The molecule has 1 aromatic carbocycles. The van der Waals surface area contributed by atoms with Gasteiger partial charge in [-0.3, -0.25) is 4.79 Å². The predicted molar refractivity (Wildman–Crippen MR) is 126 cm³/mol. The number of benzene rings is 1. The topological polar surface area (TPSA) is 97.8 Å². The van der Waals surface area contributed by atoms with E-state index < -0.39 is 10.0 Å². The summed E-state index contributed by atoms with van der Waals surface area (Å²) in [7, 11) is -1.92. The molecule has 1 aliphatic carbocycles. The average molecular weight is 492 g/mol. The zero-order valence-corrected chi connectivity index (χ0v) is 20.2. The first-order chi connectivity index (χ1) is 15.9. The van der Waals surface area contributed by atoms with Crippen LogP contribution < -0.4 is 14.8 Å². The van der Waals surface area contributed by atoms with Crippen LogP contribution in [-0.4, -0.2) is 61.7 Å². The Hall–Kier alpha value is -2.30. The molecule has 2 aromatic rings. The fourth-order valence-corrected chi connectivity index (χ4v) is 6.03. The van der Waals surface area contributed by atoms with Crippen molar-refractivity contribution in [2.75, 3.05) is 26.0 Å². The number of nitrogens with one attached hydrogen (secondary N) is 1. The van der Waals surface area contributed by atoms with E-state index in [9.17, 15) is 13.2 Å². The number of aromatic nitrogens is 1. The maximum absolute atomic E-state index is 12.9. The lowest BCUT2D eigenvalue weighted by Crippen LogP contribution is -2.41. The van der Waals surface area contributed by atoms with Crippen LogP contribution in [0.15, 0.2) is 52.5 Å². The van der Waals surface area contributed by atoms with Crippen LogP contribution in [0.5, 0.6) is 11.5 Å². The van der Waals surface area contributed by atoms with Crippen molar-refractivity contribution in [3.8, 4) is 11.5 Å². The summed E-state index contributed by atoms with van der Waals surface area (Å²) in [5.74, 6) is 1.39. The van der Waals surface area contributed by atoms with Crippen LogP contribution in [0.4, 0.5) is 0 Å². The molecule has 1 aromatic heterocycles. The number of nitrogens with zero attached hydrogens (tertiary/aromatic N) is 2. The van der Waals surface area contributed by atoms with Crippen molar-refractivity contribution >= 4 is 27.7 Å². The molecular formula is C23H29N3O5S2. The minimum absolute atomic E-state index is 0.0496. The van der Waals surface area contributed by atoms with E-state index in [1.54, 1.807) is 19.2 Å². The van der Waals surface area contributed by atoms with Gasteiger partial charge in [0.25, 0.3) is 0 Å². The minimum Gasteiger partial charge on any atom is -0.486 e. The second kappa shape index (κ2) is 10.8. The van der Waals surface area contributed by atoms with E-state index in [0.29, 0.717) is 29.7 Å². The number of hydrogen-bond donors (Lipinski definition) is 1. The summed E-state index contributed by atoms with van der Waals surface area (Å²) in [5.41, 5.74) is 0. The van der Waals surface area contributed by atoms with Gasteiger partial charge in [-0.15, -0.1) is 0 Å². The largest absolute Gasteiger partial charge is 0.486 e. The van der Waals surface area contributed by atoms with Gasteiger partial charge < -0.3 is 14.8 Å². The van der Waals surface area contributed by atoms with E-state index >= 15 is 0 Å². The molecule has 0 bridgehead atoms. The first kappa shape index (κ1) is 23.8. The average Bonchev–Trinajstić information content (AvgIpc) is 2.86. The summed E-state index contributed by atoms with van der Waals surface area (Å²) < 4.78 is 38.8. The van der Waals surface area contributed by atoms with Crippen LogP contribution in [0.1, 0.15) is 32.1 Å². The van der Waals surface area contributed by atoms with E-state index in [-0.39, 0.29) is 28.7 Å². The third-order valence-corrected chi connectivity index (χ3v) is 8.76. The summed E-state index contributed by atoms with van der Waals surface area (Å²) in [6.07, 6.45) is 6.22. The van der Waals surface area contributed by atoms with Crippen LogP contribution in [0, 0.1) is 0 Å². The number of para-hydroxylation sites is 2. The Morgan fingerprint density at radius 1 is 1.15 bits per heavy atom. The fourth-order valence-electron chi connectivity index (χ4n) is 3.99. The quantitative estimate of drug-likeness (QED) is 0.567. The van der Waals surface area contributed by atoms with Gasteiger partial charge in [0, 0.05) is 19.3 Å². The Kier molecular flexibility index (Phi) is 7.77. The molecule has 1 fully saturated rings. The van der Waals surface area contributed by atoms with Gasteiger partial charge in [-0.1, -0.05) is 43.2 Å². The van der Waals surface area contributed by atoms with Crippen LogP contribution in [0.25, 0.3) is 0 Å². The van der Waals surface area contributed by atoms with Crippen LogP contribution in [0.3, 0.4) is 0 Å². The standard InChI is InChI=1S/C23H29N3O5S2/c1-26(17-7-3-2-4-8-17)33(28,29)19-11-12-23(25-14-19)32-16-22(27)24-13-18-15-30-20-9-5-6-10-21(20)31-18/h5-6,9-12,14,17-18H,2-4,7-8,13,15-16H2,1H3,(H,24,27)/t18-/m0/s1. The van der Waals surface area contributed by atoms with Crippen molar-refractivity contribution in [1.29, 1.82) is 0 Å². The number of ether oxygens (including phenoxy) is 2. The minimum atomic E-state index is -3.57. The van der Waals surface area contributed by atoms with Crippen LogP contribution in [-0.2, 0) is 14.8 Å². The number of fused-ring (bicyclic) bond motifs is 1. The maximum atomic E-state index is 12.9. The highest BCUT2D eigenvalue weighted by atomic mass is 32.2. The number of sulfonamides is 1. The van der Waals surface area contributed by atoms with Gasteiger partial charge in [0.2, 0.25) is 15.9 Å². The molecule has 2 aliphatic rings. The van der Waals surface area contributed by atoms with Gasteiger partial charge in [0.15, 0.2) is 11.5 Å². The zero-order chi connectivity index (χ0) is 23.3. The lowest BCUT2D eigenvalue weighted by molar-refractivity contribution is -0.119. The lowest BCUT2D eigenvalue weighted by Gasteiger charge is -2.30. The molecule has 4 rings (SSSR count). The summed E-state index contributed by atoms with van der Waals surface area (Å²) >= 11 is 1.26. The molecule has 0 radical (unpaired) electrons. The number of hydrogen-bond acceptors (Lipinski definition) is 7. The Labute approximate surface area is 199 Å². The number of thioether (sulfide) groups is 1. The van der Waals surface area contributed by atoms with E-state index in [4.69, 9.17) is 9.47 Å². The van der Waals surface area contributed by atoms with E-state index in [1.807, 2.05) is 24.3 Å². The highest BCUT2D eigenvalue weighted by molar-refractivity contribution is 7.99. The number of pyridine rings is 1. The normalized spacial score (nSPS) is 18.8. The third kappa shape index (κ3) is 5.99. The Morgan fingerprint density at radius 3 is 2.64 bits per heavy atom. The van der Waals surface area contributed by atoms with Crippen LogP contribution in [0.2, 0.25) is 0 Å². The van der Waals surface area contributed by atoms with Crippen molar-refractivity contribution < 1.29 is 22.7 Å². The molecule has 178 valence electrons. The SMILES string of the molecule is CN(C1CCCCC1)S(=O)(=O)c1ccc(SCC(=O)NC[C@H]2COc3ccccc3O2)nc1. The molecule has 1 amide bonds. The first-order valence-corrected chi connectivity index (χ1v) is 13.6. The molecular weight excluding hydrogens is 462 g/mol. The number of carbonyl (C=O) groups is 1. The number of rotatable bonds is 8. The van der Waals surface area contributed by atoms with Crippen molar-refractivity contribution in [3.63, 3.8) is 0 Å². The first-order valence-electron chi connectivity index (χ1n) is 11.2. The molecule has 1 N–H and O–H groups in total. The predicted octanol–water partition coefficient (Wildman–Crippen LogP) is 3.08. The molecule has 1 aliphatic heterocycles. The molecule has 33 heavy (non-hydrogen) atoms. The van der Waals surface area contributed by atoms with Crippen molar-refractivity contribution in [3.05, 3.63) is 42.6 Å². The Bertz CT molecular complexity index is 1060. The molecule has 0 saturated heterocycles. The number of amides is 1. The summed E-state index contributed by atoms with van der Waals surface area (Å²) in [4.78, 5) is 16.7. The van der Waals surface area contributed by atoms with Crippen molar-refractivity contribution in [2.45, 2.75) is 54.2 Å². The monoisotopic (exact) mass is 491 g/mol. The van der Waals surface area contributed by atoms with E-state index in [2.05, 4.69) is 10.3 Å². The van der Waals surface area contributed by atoms with Gasteiger partial charge in [-0.05, 0) is 37.1 Å². The van der Waals surface area contributed by atoms with Gasteiger partial charge in [0.05, 0.1) is 17.3 Å². The van der Waals surface area contributed by atoms with Gasteiger partial charge in [0.1, 0.15) is 17.6 Å². The number of carbonyl (C=O) groups excluding carboxylic acids is 1. The zero-order valence-electron chi connectivity index (χ0n) is 18.6. The van der Waals surface area contributed by atoms with Crippen molar-refractivity contribution in [2.24, 2.45) is 0 Å². The van der Waals surface area contributed by atoms with Crippen molar-refractivity contribution in [1.82, 2.24) is 14.6 Å². The highest BCUT2D eigenvalue weighted by Gasteiger charge is 2.29. The summed E-state index contributed by atoms with van der Waals surface area (Å²) in [5, 5.41) is 3.44. The second-order valence-corrected chi connectivity index (χ2v) is 11.2. The second-order valence-electron chi connectivity index (χ2n) is 8.24. The molecule has 2 heterocycles. The smallest absolute Gasteiger partial charge is 0.244 e. The third-order valence-electron chi connectivity index (χ3n) is 5.92. The van der Waals surface area contributed by atoms with E-state index in [1.165, 1.54) is 28.7 Å². The lowest BCUT2D eigenvalue weighted by atomic mass is 9.96. The Morgan fingerprint density at radius 2 is 1.91 bits per heavy atom. The highest BCUT2D eigenvalue weighted by Crippen LogP contribution is 2.31. The summed E-state index contributed by atoms with van der Waals surface area (Å²) in [6.45, 7) is 0.711. The van der Waals surface area contributed by atoms with E-state index in [0.717, 1.165) is 25.7 Å². The molecule has 10 heteroatoms. The summed E-state index contributed by atoms with van der Waals surface area (Å²) in [6, 6.07) is 10.7. The molecule has 1 saturated carbocycles. The molecule has 1 atom stereocenters. The van der Waals surface area contributed by atoms with Gasteiger partial charge in [-0.2, -0.15) is 4.31 Å². The molecule has 0 spiro atoms.